The van der Waals surface area contributed by atoms with Crippen LogP contribution in [0, 0.1) is 25.5 Å². The number of nitrogens with one attached hydrogen (secondary N) is 3. The molecule has 18 nitrogen and oxygen atoms in total. The highest BCUT2D eigenvalue weighted by Gasteiger charge is 2.20. The lowest BCUT2D eigenvalue weighted by Gasteiger charge is -2.10. The van der Waals surface area contributed by atoms with Gasteiger partial charge in [0.2, 0.25) is 0 Å². The molecule has 302 valence electrons. The summed E-state index contributed by atoms with van der Waals surface area (Å²) in [6, 6.07) is 17.5. The Morgan fingerprint density at radius 2 is 1.00 bits per heavy atom. The Bertz CT molecular complexity index is 2720. The van der Waals surface area contributed by atoms with Crippen LogP contribution in [0.4, 0.5) is 8.78 Å². The van der Waals surface area contributed by atoms with E-state index in [-0.39, 0.29) is 78.6 Å². The largest absolute Gasteiger partial charge is 0.478 e. The zero-order valence-electron chi connectivity index (χ0n) is 30.5. The highest BCUT2D eigenvalue weighted by Crippen LogP contribution is 2.13. The van der Waals surface area contributed by atoms with Gasteiger partial charge in [0.1, 0.15) is 41.4 Å². The summed E-state index contributed by atoms with van der Waals surface area (Å²) in [6.07, 6.45) is 2.37. The van der Waals surface area contributed by atoms with Gasteiger partial charge in [-0.2, -0.15) is 29.2 Å². The molecule has 4 heterocycles. The molecule has 7 aromatic rings. The number of nitrogens with zero attached hydrogens (tertiary/aromatic N) is 8. The maximum absolute atomic E-state index is 13.4. The second-order valence-electron chi connectivity index (χ2n) is 12.5. The van der Waals surface area contributed by atoms with Gasteiger partial charge in [-0.25, -0.2) is 28.3 Å². The molecule has 0 radical (unpaired) electrons. The van der Waals surface area contributed by atoms with E-state index in [9.17, 15) is 37.9 Å². The zero-order chi connectivity index (χ0) is 41.5. The first-order valence-corrected chi connectivity index (χ1v) is 17.1. The smallest absolute Gasteiger partial charge is 0.354 e. The Hall–Kier alpha value is -8.03. The third kappa shape index (κ3) is 10.0. The topological polar surface area (TPSA) is 248 Å². The summed E-state index contributed by atoms with van der Waals surface area (Å²) in [5.41, 5.74) is 2.89. The number of aromatic carboxylic acids is 2. The number of carbonyl (C=O) groups excluding carboxylic acids is 3. The van der Waals surface area contributed by atoms with Crippen LogP contribution in [0.5, 0.6) is 0 Å². The van der Waals surface area contributed by atoms with E-state index in [0.717, 1.165) is 16.9 Å². The molecule has 0 spiro atoms. The normalized spacial score (nSPS) is 10.6. The van der Waals surface area contributed by atoms with Crippen molar-refractivity contribution < 1.29 is 43.0 Å². The average Bonchev–Trinajstić information content (AvgIpc) is 3.90. The second-order valence-corrected chi connectivity index (χ2v) is 12.5. The Morgan fingerprint density at radius 3 is 1.46 bits per heavy atom. The highest BCUT2D eigenvalue weighted by atomic mass is 19.1. The summed E-state index contributed by atoms with van der Waals surface area (Å²) in [4.78, 5) is 75.9. The molecule has 20 heteroatoms. The number of carboxylic acids is 2. The molecule has 59 heavy (non-hydrogen) atoms. The van der Waals surface area contributed by atoms with E-state index in [1.165, 1.54) is 41.2 Å². The number of carboxylic acid groups (broad SMARTS) is 2. The first-order valence-electron chi connectivity index (χ1n) is 17.1. The molecule has 3 amide bonds. The summed E-state index contributed by atoms with van der Waals surface area (Å²) in [7, 11) is 0. The van der Waals surface area contributed by atoms with Crippen molar-refractivity contribution in [1.29, 1.82) is 0 Å². The molecule has 0 unspecified atom stereocenters. The number of benzene rings is 3. The quantitative estimate of drug-likeness (QED) is 0.124. The van der Waals surface area contributed by atoms with Gasteiger partial charge >= 0.3 is 11.9 Å². The number of carbonyl (C=O) groups is 5. The Kier molecular flexibility index (Phi) is 13.0. The van der Waals surface area contributed by atoms with E-state index in [1.807, 2.05) is 0 Å². The van der Waals surface area contributed by atoms with Crippen molar-refractivity contribution in [3.8, 4) is 0 Å². The van der Waals surface area contributed by atoms with Crippen molar-refractivity contribution in [2.24, 2.45) is 0 Å². The third-order valence-corrected chi connectivity index (χ3v) is 8.43. The molecule has 0 aliphatic heterocycles. The summed E-state index contributed by atoms with van der Waals surface area (Å²) in [6.45, 7) is 3.69. The molecule has 4 aromatic heterocycles. The van der Waals surface area contributed by atoms with Gasteiger partial charge in [-0.3, -0.25) is 14.4 Å². The summed E-state index contributed by atoms with van der Waals surface area (Å²) in [5.74, 6) is -4.49. The van der Waals surface area contributed by atoms with Crippen molar-refractivity contribution >= 4 is 41.2 Å². The summed E-state index contributed by atoms with van der Waals surface area (Å²) < 4.78 is 28.9. The fourth-order valence-electron chi connectivity index (χ4n) is 5.39. The van der Waals surface area contributed by atoms with E-state index >= 15 is 0 Å². The van der Waals surface area contributed by atoms with Crippen molar-refractivity contribution in [1.82, 2.24) is 55.1 Å². The molecule has 0 fully saturated rings. The first-order chi connectivity index (χ1) is 27.8. The van der Waals surface area contributed by atoms with Gasteiger partial charge in [0.05, 0.1) is 5.56 Å². The molecule has 0 saturated heterocycles. The monoisotopic (exact) mass is 807 g/mol. The van der Waals surface area contributed by atoms with E-state index in [1.54, 1.807) is 50.2 Å². The lowest BCUT2D eigenvalue weighted by atomic mass is 10.1. The van der Waals surface area contributed by atoms with Crippen molar-refractivity contribution in [2.75, 3.05) is 0 Å². The molecule has 5 N–H and O–H groups in total. The molecule has 0 saturated carbocycles. The van der Waals surface area contributed by atoms with Gasteiger partial charge in [0.15, 0.2) is 5.69 Å². The Labute approximate surface area is 333 Å². The van der Waals surface area contributed by atoms with E-state index < -0.39 is 29.7 Å². The fraction of sp³-hybridized carbons (Fsp3) is 0.154. The van der Waals surface area contributed by atoms with Crippen LogP contribution in [0.25, 0.3) is 11.6 Å². The predicted molar refractivity (Wildman–Crippen MR) is 204 cm³/mol. The lowest BCUT2D eigenvalue weighted by molar-refractivity contribution is 0.0680. The van der Waals surface area contributed by atoms with Gasteiger partial charge in [-0.15, -0.1) is 0 Å². The van der Waals surface area contributed by atoms with Gasteiger partial charge < -0.3 is 26.2 Å². The maximum atomic E-state index is 13.4. The molecule has 7 rings (SSSR count). The predicted octanol–water partition coefficient (Wildman–Crippen LogP) is 3.97. The van der Waals surface area contributed by atoms with Gasteiger partial charge in [-0.05, 0) is 65.9 Å². The number of halogens is 2. The van der Waals surface area contributed by atoms with Crippen molar-refractivity contribution in [3.63, 3.8) is 0 Å². The Morgan fingerprint density at radius 1 is 0.576 bits per heavy atom. The second kappa shape index (κ2) is 18.3. The van der Waals surface area contributed by atoms with E-state index in [2.05, 4.69) is 46.1 Å². The minimum absolute atomic E-state index is 0. The summed E-state index contributed by atoms with van der Waals surface area (Å²) in [5, 5.41) is 33.9. The molecule has 0 bridgehead atoms. The average molecular weight is 808 g/mol. The number of aryl methyl sites for hydroxylation is 2. The standard InChI is InChI=1S/C23H19FN6O4.C15H12FN5O3.CH4/c1-13-8-15(4-7-17(13)24)11-25-20(31)18-9-19(30-23(29-18)27-12-28-30)21(32)26-10-14-2-5-16(6-3-14)22(33)34;1-8-4-9(2-3-10(8)16)6-17-13(22)11-5-12(14(23)24)21-15(20-11)18-7-19-21;/h2-9,12H,10-11H2,1H3,(H,25,31)(H,26,32)(H,33,34);2-5,7H,6H2,1H3,(H,17,22)(H,23,24);1H4. The number of fused-ring (bicyclic) bond motifs is 2. The van der Waals surface area contributed by atoms with Crippen LogP contribution in [0.2, 0.25) is 0 Å². The molecule has 0 aliphatic carbocycles. The number of hydrogen-bond acceptors (Lipinski definition) is 11. The van der Waals surface area contributed by atoms with Crippen LogP contribution in [0.15, 0.2) is 85.5 Å². The van der Waals surface area contributed by atoms with Crippen LogP contribution in [0.1, 0.15) is 87.6 Å². The van der Waals surface area contributed by atoms with Crippen LogP contribution < -0.4 is 16.0 Å². The number of rotatable bonds is 11. The number of hydrogen-bond donors (Lipinski definition) is 5. The molecule has 0 aliphatic rings. The molecular formula is C39H35F2N11O7. The minimum atomic E-state index is -1.25. The fourth-order valence-corrected chi connectivity index (χ4v) is 5.39. The van der Waals surface area contributed by atoms with Crippen LogP contribution in [-0.4, -0.2) is 79.0 Å². The highest BCUT2D eigenvalue weighted by molar-refractivity contribution is 5.98. The first kappa shape index (κ1) is 42.1. The van der Waals surface area contributed by atoms with Crippen molar-refractivity contribution in [2.45, 2.75) is 40.9 Å². The minimum Gasteiger partial charge on any atom is -0.478 e. The summed E-state index contributed by atoms with van der Waals surface area (Å²) >= 11 is 0. The van der Waals surface area contributed by atoms with E-state index in [4.69, 9.17) is 5.11 Å². The third-order valence-electron chi connectivity index (χ3n) is 8.43. The van der Waals surface area contributed by atoms with Gasteiger partial charge in [0, 0.05) is 31.8 Å². The number of aromatic nitrogens is 8. The lowest BCUT2D eigenvalue weighted by Crippen LogP contribution is -2.28. The zero-order valence-corrected chi connectivity index (χ0v) is 30.5. The van der Waals surface area contributed by atoms with E-state index in [0.29, 0.717) is 27.8 Å². The maximum Gasteiger partial charge on any atom is 0.354 e. The van der Waals surface area contributed by atoms with Gasteiger partial charge in [-0.1, -0.05) is 43.8 Å². The Balaban J connectivity index is 0.000000233. The molecule has 0 atom stereocenters. The van der Waals surface area contributed by atoms with Gasteiger partial charge in [0.25, 0.3) is 29.3 Å². The van der Waals surface area contributed by atoms with Crippen molar-refractivity contribution in [3.05, 3.63) is 153 Å². The van der Waals surface area contributed by atoms with Crippen LogP contribution >= 0.6 is 0 Å². The number of amides is 3. The SMILES string of the molecule is C.Cc1cc(CNC(=O)c2cc(C(=O)NCc3ccc(C(=O)O)cc3)n3ncnc3n2)ccc1F.Cc1cc(CNC(=O)c2cc(C(=O)O)n3ncnc3n2)ccc1F. The van der Waals surface area contributed by atoms with Crippen LogP contribution in [0.3, 0.4) is 0 Å². The van der Waals surface area contributed by atoms with Crippen LogP contribution in [-0.2, 0) is 19.6 Å². The molecular weight excluding hydrogens is 772 g/mol. The molecule has 3 aromatic carbocycles.